The van der Waals surface area contributed by atoms with Gasteiger partial charge in [-0.1, -0.05) is 36.4 Å². The molecule has 0 saturated carbocycles. The maximum atomic E-state index is 13.1. The van der Waals surface area contributed by atoms with E-state index in [2.05, 4.69) is 4.98 Å². The summed E-state index contributed by atoms with van der Waals surface area (Å²) >= 11 is 0. The minimum Gasteiger partial charge on any atom is -0.383 e. The smallest absolute Gasteiger partial charge is 0.253 e. The SMILES string of the molecule is Cc1ccccc1C1(O)CCN(C(=O)c2cccc(-c3cncn3C)c2)C1. The second kappa shape index (κ2) is 6.67. The summed E-state index contributed by atoms with van der Waals surface area (Å²) in [7, 11) is 1.93. The lowest BCUT2D eigenvalue weighted by molar-refractivity contribution is 0.0412. The number of nitrogens with zero attached hydrogens (tertiary/aromatic N) is 3. The standard InChI is InChI=1S/C22H23N3O2/c1-16-6-3-4-9-19(16)22(27)10-11-25(14-22)21(26)18-8-5-7-17(12-18)20-13-23-15-24(20)2/h3-9,12-13,15,27H,10-11,14H2,1-2H3. The van der Waals surface area contributed by atoms with Crippen molar-refractivity contribution >= 4 is 5.91 Å². The van der Waals surface area contributed by atoms with Gasteiger partial charge in [0, 0.05) is 24.7 Å². The highest BCUT2D eigenvalue weighted by molar-refractivity contribution is 5.95. The molecule has 1 unspecified atom stereocenters. The molecule has 1 N–H and O–H groups in total. The van der Waals surface area contributed by atoms with Crippen molar-refractivity contribution in [2.45, 2.75) is 18.9 Å². The Morgan fingerprint density at radius 3 is 2.74 bits per heavy atom. The number of aromatic nitrogens is 2. The van der Waals surface area contributed by atoms with Crippen molar-refractivity contribution in [3.63, 3.8) is 0 Å². The van der Waals surface area contributed by atoms with Gasteiger partial charge in [0.05, 0.1) is 24.8 Å². The normalized spacial score (nSPS) is 19.4. The highest BCUT2D eigenvalue weighted by Crippen LogP contribution is 2.34. The number of amides is 1. The van der Waals surface area contributed by atoms with Crippen molar-refractivity contribution in [1.82, 2.24) is 14.5 Å². The van der Waals surface area contributed by atoms with Gasteiger partial charge in [0.25, 0.3) is 5.91 Å². The van der Waals surface area contributed by atoms with E-state index >= 15 is 0 Å². The van der Waals surface area contributed by atoms with E-state index in [1.54, 1.807) is 17.4 Å². The van der Waals surface area contributed by atoms with Crippen LogP contribution in [0.4, 0.5) is 0 Å². The van der Waals surface area contributed by atoms with Gasteiger partial charge < -0.3 is 14.6 Å². The molecule has 5 heteroatoms. The fourth-order valence-corrected chi connectivity index (χ4v) is 3.91. The zero-order valence-corrected chi connectivity index (χ0v) is 15.6. The molecule has 0 radical (unpaired) electrons. The summed E-state index contributed by atoms with van der Waals surface area (Å²) in [6.45, 7) is 2.85. The van der Waals surface area contributed by atoms with Gasteiger partial charge in [-0.25, -0.2) is 4.98 Å². The van der Waals surface area contributed by atoms with Crippen LogP contribution in [0.3, 0.4) is 0 Å². The van der Waals surface area contributed by atoms with Crippen LogP contribution in [0.5, 0.6) is 0 Å². The molecule has 1 fully saturated rings. The van der Waals surface area contributed by atoms with Crippen LogP contribution in [-0.2, 0) is 12.6 Å². The number of hydrogen-bond donors (Lipinski definition) is 1. The van der Waals surface area contributed by atoms with Crippen LogP contribution in [0.1, 0.15) is 27.9 Å². The molecular formula is C22H23N3O2. The lowest BCUT2D eigenvalue weighted by Gasteiger charge is -2.25. The number of β-amino-alcohol motifs (C(OH)–C–C–N with tert-alkyl or cyclic N) is 1. The zero-order valence-electron chi connectivity index (χ0n) is 15.6. The molecule has 138 valence electrons. The average molecular weight is 361 g/mol. The Bertz CT molecular complexity index is 994. The first-order chi connectivity index (χ1) is 13.0. The molecule has 1 amide bonds. The van der Waals surface area contributed by atoms with E-state index in [4.69, 9.17) is 0 Å². The number of aliphatic hydroxyl groups is 1. The Morgan fingerprint density at radius 1 is 1.19 bits per heavy atom. The van der Waals surface area contributed by atoms with Gasteiger partial charge in [0.1, 0.15) is 5.60 Å². The van der Waals surface area contributed by atoms with Gasteiger partial charge >= 0.3 is 0 Å². The third kappa shape index (κ3) is 3.15. The van der Waals surface area contributed by atoms with E-state index in [9.17, 15) is 9.90 Å². The Hall–Kier alpha value is -2.92. The Balaban J connectivity index is 1.58. The van der Waals surface area contributed by atoms with Crippen molar-refractivity contribution in [3.8, 4) is 11.3 Å². The molecule has 2 heterocycles. The molecule has 2 aromatic carbocycles. The van der Waals surface area contributed by atoms with Crippen LogP contribution in [-0.4, -0.2) is 38.6 Å². The number of benzene rings is 2. The summed E-state index contributed by atoms with van der Waals surface area (Å²) in [6.07, 6.45) is 4.08. The molecule has 1 atom stereocenters. The van der Waals surface area contributed by atoms with Gasteiger partial charge in [-0.3, -0.25) is 4.79 Å². The summed E-state index contributed by atoms with van der Waals surface area (Å²) in [6, 6.07) is 15.4. The van der Waals surface area contributed by atoms with E-state index in [-0.39, 0.29) is 5.91 Å². The molecule has 1 aliphatic rings. The molecule has 3 aromatic rings. The zero-order chi connectivity index (χ0) is 19.0. The number of rotatable bonds is 3. The molecule has 5 nitrogen and oxygen atoms in total. The van der Waals surface area contributed by atoms with Crippen LogP contribution in [0.2, 0.25) is 0 Å². The Morgan fingerprint density at radius 2 is 2.00 bits per heavy atom. The van der Waals surface area contributed by atoms with Crippen LogP contribution in [0.15, 0.2) is 61.1 Å². The number of imidazole rings is 1. The van der Waals surface area contributed by atoms with Crippen LogP contribution in [0, 0.1) is 6.92 Å². The van der Waals surface area contributed by atoms with E-state index < -0.39 is 5.60 Å². The topological polar surface area (TPSA) is 58.4 Å². The van der Waals surface area contributed by atoms with Gasteiger partial charge in [0.2, 0.25) is 0 Å². The average Bonchev–Trinajstić information content (AvgIpc) is 3.28. The molecule has 1 aliphatic heterocycles. The fraction of sp³-hybridized carbons (Fsp3) is 0.273. The Labute approximate surface area is 158 Å². The van der Waals surface area contributed by atoms with E-state index in [0.717, 1.165) is 22.4 Å². The van der Waals surface area contributed by atoms with Gasteiger partial charge in [-0.2, -0.15) is 0 Å². The first kappa shape index (κ1) is 17.5. The van der Waals surface area contributed by atoms with Gasteiger partial charge in [-0.15, -0.1) is 0 Å². The summed E-state index contributed by atoms with van der Waals surface area (Å²) < 4.78 is 1.93. The van der Waals surface area contributed by atoms with Crippen LogP contribution < -0.4 is 0 Å². The summed E-state index contributed by atoms with van der Waals surface area (Å²) in [5.74, 6) is -0.0523. The van der Waals surface area contributed by atoms with E-state index in [0.29, 0.717) is 25.1 Å². The predicted octanol–water partition coefficient (Wildman–Crippen LogP) is 3.13. The molecular weight excluding hydrogens is 338 g/mol. The second-order valence-electron chi connectivity index (χ2n) is 7.29. The van der Waals surface area contributed by atoms with Crippen molar-refractivity contribution in [3.05, 3.63) is 77.7 Å². The number of carbonyl (C=O) groups is 1. The minimum atomic E-state index is -0.985. The van der Waals surface area contributed by atoms with Crippen molar-refractivity contribution in [1.29, 1.82) is 0 Å². The number of likely N-dealkylation sites (tertiary alicyclic amines) is 1. The number of hydrogen-bond acceptors (Lipinski definition) is 3. The van der Waals surface area contributed by atoms with Gasteiger partial charge in [0.15, 0.2) is 0 Å². The molecule has 1 aromatic heterocycles. The monoisotopic (exact) mass is 361 g/mol. The van der Waals surface area contributed by atoms with Crippen LogP contribution >= 0.6 is 0 Å². The molecule has 1 saturated heterocycles. The van der Waals surface area contributed by atoms with Crippen molar-refractivity contribution < 1.29 is 9.90 Å². The highest BCUT2D eigenvalue weighted by atomic mass is 16.3. The minimum absolute atomic E-state index is 0.0523. The second-order valence-corrected chi connectivity index (χ2v) is 7.29. The quantitative estimate of drug-likeness (QED) is 0.780. The third-order valence-corrected chi connectivity index (χ3v) is 5.40. The lowest BCUT2D eigenvalue weighted by Crippen LogP contribution is -2.34. The maximum Gasteiger partial charge on any atom is 0.253 e. The number of aryl methyl sites for hydroxylation is 2. The third-order valence-electron chi connectivity index (χ3n) is 5.40. The molecule has 0 aliphatic carbocycles. The van der Waals surface area contributed by atoms with Crippen molar-refractivity contribution in [2.75, 3.05) is 13.1 Å². The highest BCUT2D eigenvalue weighted by Gasteiger charge is 2.40. The maximum absolute atomic E-state index is 13.1. The lowest BCUT2D eigenvalue weighted by atomic mass is 9.89. The molecule has 27 heavy (non-hydrogen) atoms. The molecule has 0 bridgehead atoms. The first-order valence-electron chi connectivity index (χ1n) is 9.12. The van der Waals surface area contributed by atoms with Gasteiger partial charge in [-0.05, 0) is 36.6 Å². The van der Waals surface area contributed by atoms with E-state index in [1.165, 1.54) is 0 Å². The first-order valence-corrected chi connectivity index (χ1v) is 9.12. The summed E-state index contributed by atoms with van der Waals surface area (Å²) in [5.41, 5.74) is 3.51. The molecule has 4 rings (SSSR count). The summed E-state index contributed by atoms with van der Waals surface area (Å²) in [4.78, 5) is 18.9. The fourth-order valence-electron chi connectivity index (χ4n) is 3.91. The Kier molecular flexibility index (Phi) is 4.32. The number of carbonyl (C=O) groups excluding carboxylic acids is 1. The van der Waals surface area contributed by atoms with Crippen molar-refractivity contribution in [2.24, 2.45) is 7.05 Å². The van der Waals surface area contributed by atoms with Crippen LogP contribution in [0.25, 0.3) is 11.3 Å². The summed E-state index contributed by atoms with van der Waals surface area (Å²) in [5, 5.41) is 11.1. The largest absolute Gasteiger partial charge is 0.383 e. The predicted molar refractivity (Wildman–Crippen MR) is 104 cm³/mol. The van der Waals surface area contributed by atoms with E-state index in [1.807, 2.05) is 67.1 Å². The molecule has 0 spiro atoms.